The number of anilines is 1. The first-order chi connectivity index (χ1) is 15.4. The molecule has 0 heterocycles. The van der Waals surface area contributed by atoms with Crippen LogP contribution in [-0.4, -0.2) is 30.3 Å². The molecule has 5 nitrogen and oxygen atoms in total. The van der Waals surface area contributed by atoms with Crippen LogP contribution < -0.4 is 10.1 Å². The Labute approximate surface area is 189 Å². The Balaban J connectivity index is 1.50. The van der Waals surface area contributed by atoms with Crippen molar-refractivity contribution in [1.29, 1.82) is 0 Å². The van der Waals surface area contributed by atoms with Crippen molar-refractivity contribution in [2.75, 3.05) is 18.9 Å². The molecule has 164 valence electrons. The molecule has 0 spiro atoms. The second kappa shape index (κ2) is 11.0. The summed E-state index contributed by atoms with van der Waals surface area (Å²) in [6.07, 6.45) is 3.19. The first kappa shape index (κ1) is 22.8. The van der Waals surface area contributed by atoms with Gasteiger partial charge in [-0.15, -0.1) is 0 Å². The van der Waals surface area contributed by atoms with Crippen LogP contribution in [0.2, 0.25) is 0 Å². The van der Waals surface area contributed by atoms with Crippen molar-refractivity contribution in [1.82, 2.24) is 4.90 Å². The second-order valence-corrected chi connectivity index (χ2v) is 7.69. The summed E-state index contributed by atoms with van der Waals surface area (Å²) in [5, 5.41) is 2.90. The molecule has 0 aliphatic carbocycles. The van der Waals surface area contributed by atoms with E-state index >= 15 is 0 Å². The monoisotopic (exact) mass is 428 g/mol. The molecule has 0 unspecified atom stereocenters. The van der Waals surface area contributed by atoms with Crippen molar-refractivity contribution in [3.63, 3.8) is 0 Å². The third kappa shape index (κ3) is 6.57. The lowest BCUT2D eigenvalue weighted by Crippen LogP contribution is -2.34. The van der Waals surface area contributed by atoms with Crippen LogP contribution >= 0.6 is 0 Å². The number of ether oxygens (including phenoxy) is 1. The summed E-state index contributed by atoms with van der Waals surface area (Å²) in [7, 11) is 1.61. The maximum absolute atomic E-state index is 12.4. The molecule has 0 bridgehead atoms. The highest BCUT2D eigenvalue weighted by Crippen LogP contribution is 2.19. The summed E-state index contributed by atoms with van der Waals surface area (Å²) in [6.45, 7) is 4.36. The summed E-state index contributed by atoms with van der Waals surface area (Å²) >= 11 is 0. The van der Waals surface area contributed by atoms with Gasteiger partial charge in [-0.1, -0.05) is 60.7 Å². The van der Waals surface area contributed by atoms with Gasteiger partial charge in [0.25, 0.3) is 0 Å². The van der Waals surface area contributed by atoms with Gasteiger partial charge in [-0.3, -0.25) is 9.59 Å². The van der Waals surface area contributed by atoms with Gasteiger partial charge in [0.1, 0.15) is 12.4 Å². The Hall–Kier alpha value is -3.86. The Morgan fingerprint density at radius 3 is 2.22 bits per heavy atom. The second-order valence-electron chi connectivity index (χ2n) is 7.69. The molecule has 0 radical (unpaired) electrons. The lowest BCUT2D eigenvalue weighted by molar-refractivity contribution is -0.129. The predicted molar refractivity (Wildman–Crippen MR) is 128 cm³/mol. The summed E-state index contributed by atoms with van der Waals surface area (Å²) in [4.78, 5) is 26.1. The quantitative estimate of drug-likeness (QED) is 0.514. The van der Waals surface area contributed by atoms with Crippen molar-refractivity contribution >= 4 is 23.6 Å². The molecule has 3 aromatic rings. The van der Waals surface area contributed by atoms with Crippen LogP contribution in [0.5, 0.6) is 5.75 Å². The van der Waals surface area contributed by atoms with E-state index in [0.29, 0.717) is 6.61 Å². The molecule has 5 heteroatoms. The zero-order valence-electron chi connectivity index (χ0n) is 18.7. The van der Waals surface area contributed by atoms with E-state index in [1.54, 1.807) is 13.1 Å². The molecule has 0 aliphatic heterocycles. The molecule has 0 saturated carbocycles. The minimum atomic E-state index is -0.244. The number of hydrogen-bond donors (Lipinski definition) is 1. The lowest BCUT2D eigenvalue weighted by atomic mass is 10.1. The van der Waals surface area contributed by atoms with E-state index in [-0.39, 0.29) is 18.4 Å². The molecule has 1 N–H and O–H groups in total. The Morgan fingerprint density at radius 2 is 1.56 bits per heavy atom. The van der Waals surface area contributed by atoms with Gasteiger partial charge in [0, 0.05) is 18.8 Å². The maximum Gasteiger partial charge on any atom is 0.246 e. The zero-order chi connectivity index (χ0) is 22.9. The topological polar surface area (TPSA) is 58.6 Å². The van der Waals surface area contributed by atoms with Crippen LogP contribution in [-0.2, 0) is 16.2 Å². The molecule has 2 amide bonds. The minimum absolute atomic E-state index is 0.0246. The van der Waals surface area contributed by atoms with Crippen molar-refractivity contribution in [2.24, 2.45) is 0 Å². The largest absolute Gasteiger partial charge is 0.489 e. The fourth-order valence-corrected chi connectivity index (χ4v) is 3.19. The van der Waals surface area contributed by atoms with E-state index in [4.69, 9.17) is 4.74 Å². The number of likely N-dealkylation sites (N-methyl/N-ethyl adjacent to an activating group) is 1. The number of aryl methyl sites for hydroxylation is 2. The van der Waals surface area contributed by atoms with Crippen molar-refractivity contribution in [3.05, 3.63) is 101 Å². The number of hydrogen-bond acceptors (Lipinski definition) is 3. The number of carbonyl (C=O) groups excluding carboxylic acids is 2. The molecule has 0 atom stereocenters. The van der Waals surface area contributed by atoms with E-state index in [1.807, 2.05) is 86.6 Å². The number of para-hydroxylation sites is 1. The molecule has 3 aromatic carbocycles. The van der Waals surface area contributed by atoms with Gasteiger partial charge in [-0.25, -0.2) is 0 Å². The molecule has 0 aliphatic rings. The van der Waals surface area contributed by atoms with Gasteiger partial charge < -0.3 is 15.0 Å². The van der Waals surface area contributed by atoms with E-state index in [1.165, 1.54) is 11.0 Å². The number of nitrogens with one attached hydrogen (secondary N) is 1. The van der Waals surface area contributed by atoms with Gasteiger partial charge in [-0.05, 0) is 54.3 Å². The van der Waals surface area contributed by atoms with Gasteiger partial charge >= 0.3 is 0 Å². The standard InChI is InChI=1S/C27H28N2O3/c1-20-8-7-9-21(2)27(20)28-25(30)18-29(3)26(31)17-14-22-12-15-24(16-13-22)32-19-23-10-5-4-6-11-23/h4-17H,18-19H2,1-3H3,(H,28,30). The van der Waals surface area contributed by atoms with E-state index in [9.17, 15) is 9.59 Å². The van der Waals surface area contributed by atoms with Crippen LogP contribution in [0.1, 0.15) is 22.3 Å². The average molecular weight is 429 g/mol. The highest BCUT2D eigenvalue weighted by atomic mass is 16.5. The van der Waals surface area contributed by atoms with Gasteiger partial charge in [0.15, 0.2) is 0 Å². The normalized spacial score (nSPS) is 10.7. The summed E-state index contributed by atoms with van der Waals surface area (Å²) in [6, 6.07) is 23.3. The third-order valence-corrected chi connectivity index (χ3v) is 5.05. The first-order valence-corrected chi connectivity index (χ1v) is 10.5. The van der Waals surface area contributed by atoms with Crippen LogP contribution in [0, 0.1) is 13.8 Å². The molecular weight excluding hydrogens is 400 g/mol. The highest BCUT2D eigenvalue weighted by Gasteiger charge is 2.12. The molecule has 0 aromatic heterocycles. The zero-order valence-corrected chi connectivity index (χ0v) is 18.7. The van der Waals surface area contributed by atoms with E-state index in [0.717, 1.165) is 33.7 Å². The smallest absolute Gasteiger partial charge is 0.246 e. The lowest BCUT2D eigenvalue weighted by Gasteiger charge is -2.16. The number of benzene rings is 3. The molecule has 0 fully saturated rings. The fourth-order valence-electron chi connectivity index (χ4n) is 3.19. The Morgan fingerprint density at radius 1 is 0.906 bits per heavy atom. The summed E-state index contributed by atoms with van der Waals surface area (Å²) < 4.78 is 5.78. The number of nitrogens with zero attached hydrogens (tertiary/aromatic N) is 1. The number of amides is 2. The van der Waals surface area contributed by atoms with Crippen LogP contribution in [0.4, 0.5) is 5.69 Å². The maximum atomic E-state index is 12.4. The predicted octanol–water partition coefficient (Wildman–Crippen LogP) is 4.99. The SMILES string of the molecule is Cc1cccc(C)c1NC(=O)CN(C)C(=O)C=Cc1ccc(OCc2ccccc2)cc1. The minimum Gasteiger partial charge on any atom is -0.489 e. The third-order valence-electron chi connectivity index (χ3n) is 5.05. The van der Waals surface area contributed by atoms with E-state index < -0.39 is 0 Å². The van der Waals surface area contributed by atoms with Crippen LogP contribution in [0.3, 0.4) is 0 Å². The molecule has 3 rings (SSSR count). The average Bonchev–Trinajstić information content (AvgIpc) is 2.80. The van der Waals surface area contributed by atoms with Crippen LogP contribution in [0.25, 0.3) is 6.08 Å². The number of carbonyl (C=O) groups is 2. The van der Waals surface area contributed by atoms with E-state index in [2.05, 4.69) is 5.32 Å². The van der Waals surface area contributed by atoms with Gasteiger partial charge in [-0.2, -0.15) is 0 Å². The molecular formula is C27H28N2O3. The summed E-state index contributed by atoms with van der Waals surface area (Å²) in [5.41, 5.74) is 4.75. The molecule has 32 heavy (non-hydrogen) atoms. The van der Waals surface area contributed by atoms with Crippen molar-refractivity contribution in [3.8, 4) is 5.75 Å². The van der Waals surface area contributed by atoms with Crippen molar-refractivity contribution in [2.45, 2.75) is 20.5 Å². The fraction of sp³-hybridized carbons (Fsp3) is 0.185. The first-order valence-electron chi connectivity index (χ1n) is 10.5. The molecule has 0 saturated heterocycles. The highest BCUT2D eigenvalue weighted by molar-refractivity contribution is 5.98. The Bertz CT molecular complexity index is 1070. The van der Waals surface area contributed by atoms with Gasteiger partial charge in [0.05, 0.1) is 6.54 Å². The van der Waals surface area contributed by atoms with Crippen molar-refractivity contribution < 1.29 is 14.3 Å². The Kier molecular flexibility index (Phi) is 7.81. The van der Waals surface area contributed by atoms with Gasteiger partial charge in [0.2, 0.25) is 11.8 Å². The summed E-state index contributed by atoms with van der Waals surface area (Å²) in [5.74, 6) is 0.287. The van der Waals surface area contributed by atoms with Crippen LogP contribution in [0.15, 0.2) is 78.9 Å². The number of rotatable bonds is 8.